The summed E-state index contributed by atoms with van der Waals surface area (Å²) in [6.45, 7) is 2.91. The van der Waals surface area contributed by atoms with Crippen LogP contribution in [-0.4, -0.2) is 259 Å². The summed E-state index contributed by atoms with van der Waals surface area (Å²) in [5.41, 5.74) is 4.93. The maximum absolute atomic E-state index is 12.8. The van der Waals surface area contributed by atoms with Crippen LogP contribution in [0.3, 0.4) is 0 Å². The van der Waals surface area contributed by atoms with Crippen LogP contribution < -0.4 is 48.0 Å². The Morgan fingerprint density at radius 3 is 0.847 bits per heavy atom. The van der Waals surface area contributed by atoms with Gasteiger partial charge in [-0.2, -0.15) is 20.5 Å². The van der Waals surface area contributed by atoms with Crippen LogP contribution in [-0.2, 0) is 60.8 Å². The van der Waals surface area contributed by atoms with Crippen molar-refractivity contribution < 1.29 is 159 Å². The number of rotatable bonds is 32. The molecule has 8 aromatic rings. The maximum atomic E-state index is 12.8. The average Bonchev–Trinajstić information content (AvgIpc) is 0.767. The Bertz CT molecular complexity index is 5580. The predicted molar refractivity (Wildman–Crippen MR) is 487 cm³/mol. The second-order valence-electron chi connectivity index (χ2n) is 29.7. The molecule has 3 radical (unpaired) electrons. The topological polar surface area (TPSA) is 514 Å². The van der Waals surface area contributed by atoms with Crippen molar-refractivity contribution in [1.82, 2.24) is 18.8 Å². The van der Waals surface area contributed by atoms with Crippen LogP contribution in [0.4, 0.5) is 45.5 Å². The number of carboxylic acid groups (broad SMARTS) is 4. The zero-order valence-corrected chi connectivity index (χ0v) is 77.0. The number of phenols is 6. The molecule has 12 N–H and O–H groups in total. The molecule has 0 spiro atoms. The number of quaternary nitrogens is 2. The first kappa shape index (κ1) is 107. The minimum Gasteiger partial charge on any atom is -0.504 e. The molecule has 0 saturated carbocycles. The summed E-state index contributed by atoms with van der Waals surface area (Å²) in [7, 11) is 24.6. The monoisotopic (exact) mass is 1920 g/mol. The molecule has 2 aliphatic heterocycles. The van der Waals surface area contributed by atoms with E-state index in [1.54, 1.807) is 48.8 Å². The number of hydrogen-bond acceptors (Lipinski definition) is 30. The number of azo groups is 2. The number of amides is 2. The van der Waals surface area contributed by atoms with Crippen LogP contribution in [0.1, 0.15) is 87.7 Å². The third-order valence-corrected chi connectivity index (χ3v) is 18.7. The molecule has 2 amide bonds. The molecule has 0 atom stereocenters. The van der Waals surface area contributed by atoms with Gasteiger partial charge in [-0.05, 0) is 87.6 Å². The number of phenolic OH excluding ortho intramolecular Hbond substituents is 6. The number of benzene rings is 8. The summed E-state index contributed by atoms with van der Waals surface area (Å²) in [6.07, 6.45) is 22.2. The number of ether oxygens (including phenoxy) is 6. The van der Waals surface area contributed by atoms with Gasteiger partial charge in [0.2, 0.25) is 0 Å². The van der Waals surface area contributed by atoms with Crippen molar-refractivity contribution in [2.24, 2.45) is 50.4 Å². The standard InChI is InChI=1S/C34H26N6O12.C32H38N6O6.C24H32N4O4.3Mn/c1-51-27-13-21(39-37-19-3-5-23(31(43)44)25(11-19)33(47)48)9-17(29(27)41)15-35-7-8-36-16-18-10-22(14-28(52-2)30(18)42)40-38-20-4-6-24(32(45)46)26(12-20)34(49)50;1-37-11-5-7-21(19-37)31(41)35-25-13-23(29(39)27(15-25)43-3)17-33-9-10-34-18-24-14-26(16-28(44-4)30(24)40)36-32(42)22-8-6-12-38(2)20-22;1-27(2,3)19-11-17(23(29)21(13-19)31-7)15-25-9-10-26-16-18-12-20(28(4,5)6)14-22(32-8)24(18)30;;;/h3-16,41-42H,1-2H3,(H,43,44)(H,45,46)(H,47,48)(H,49,50);7-10,13-18,39-40H,5-6,11-12,19-20H2,1-4H3,(H,35,41)(H,36,42);9-16H,1-8H3;;;/p+2. The number of methoxy groups -OCH3 is 6. The van der Waals surface area contributed by atoms with Gasteiger partial charge in [0.1, 0.15) is 11.4 Å². The first-order valence-corrected chi connectivity index (χ1v) is 38.6. The number of nitrogens with zero attached hydrogens (tertiary/aromatic N) is 14. The van der Waals surface area contributed by atoms with Gasteiger partial charge in [0.25, 0.3) is 11.8 Å². The van der Waals surface area contributed by atoms with Crippen LogP contribution in [0.5, 0.6) is 69.0 Å². The normalized spacial score (nSPS) is 13.2. The van der Waals surface area contributed by atoms with Crippen molar-refractivity contribution in [2.75, 3.05) is 136 Å². The maximum Gasteiger partial charge on any atom is 0.336 e. The van der Waals surface area contributed by atoms with Crippen molar-refractivity contribution in [3.8, 4) is 69.0 Å². The molecule has 2 heterocycles. The molecule has 38 nitrogen and oxygen atoms in total. The number of aromatic carboxylic acids is 4. The molecule has 0 fully saturated rings. The zero-order chi connectivity index (χ0) is 93.7. The van der Waals surface area contributed by atoms with Crippen molar-refractivity contribution in [3.63, 3.8) is 0 Å². The number of hydrogen-bond donors (Lipinski definition) is 12. The van der Waals surface area contributed by atoms with Crippen molar-refractivity contribution >= 4 is 118 Å². The second kappa shape index (κ2) is 50.3. The van der Waals surface area contributed by atoms with Gasteiger partial charge in [0.05, 0.1) is 130 Å². The van der Waals surface area contributed by atoms with Crippen LogP contribution in [0.25, 0.3) is 0 Å². The molecule has 41 heteroatoms. The predicted octanol–water partition coefficient (Wildman–Crippen LogP) is 13.8. The first-order chi connectivity index (χ1) is 60.9. The number of aromatic hydroxyl groups is 6. The molecule has 0 bridgehead atoms. The van der Waals surface area contributed by atoms with E-state index < -0.39 is 46.1 Å². The summed E-state index contributed by atoms with van der Waals surface area (Å²) in [5, 5.41) is 122. The van der Waals surface area contributed by atoms with Gasteiger partial charge in [-0.1, -0.05) is 12.2 Å². The molecule has 0 aliphatic carbocycles. The molecular formula is C90H98Mn3N16O22+2. The molecule has 2 aliphatic rings. The fourth-order valence-electron chi connectivity index (χ4n) is 11.9. The van der Waals surface area contributed by atoms with E-state index in [1.807, 2.05) is 80.7 Å². The van der Waals surface area contributed by atoms with Gasteiger partial charge in [0, 0.05) is 256 Å². The molecule has 0 unspecified atom stereocenters. The first-order valence-electron chi connectivity index (χ1n) is 38.6. The SMILES string of the molecule is COc1cc(N=Nc2ccc(C(=O)O)c(C(=O)O)c2)cc(C=NC=CN=Cc2cc(N=Nc3ccc(C(=O)O)c(C(=O)O)c3)cc(OC)c2O)c1O.COc1cc(NC(=O)C2=CCCN(C)C2)cc(C=NC=CN=Cc2cc(NC(=O)C3=CCCN(C)C3)cc(OC)c2O)c1O.COc1cc([N+](C)(C)C)cc(C=NC=CN=Cc2cc([N+](C)(C)C)cc(OC)c2O)c1O.[Mn].[Mn].[Mn]. The van der Waals surface area contributed by atoms with Crippen LogP contribution >= 0.6 is 0 Å². The zero-order valence-electron chi connectivity index (χ0n) is 73.5. The second-order valence-corrected chi connectivity index (χ2v) is 29.7. The Kier molecular flexibility index (Phi) is 41.1. The number of anilines is 2. The minimum atomic E-state index is -1.45. The van der Waals surface area contributed by atoms with Crippen molar-refractivity contribution in [2.45, 2.75) is 12.8 Å². The van der Waals surface area contributed by atoms with Gasteiger partial charge in [-0.15, -0.1) is 0 Å². The number of carboxylic acids is 4. The number of carbonyl (C=O) groups is 6. The van der Waals surface area contributed by atoms with E-state index in [2.05, 4.69) is 70.8 Å². The van der Waals surface area contributed by atoms with E-state index in [0.717, 1.165) is 61.6 Å². The van der Waals surface area contributed by atoms with Gasteiger partial charge < -0.3 is 99.9 Å². The van der Waals surface area contributed by atoms with E-state index in [0.29, 0.717) is 78.3 Å². The Hall–Kier alpha value is -14.5. The fourth-order valence-corrected chi connectivity index (χ4v) is 11.9. The Labute approximate surface area is 785 Å². The quantitative estimate of drug-likeness (QED) is 0.00612. The number of carbonyl (C=O) groups excluding carboxylic acids is 2. The fraction of sp³-hybridized carbons (Fsp3) is 0.222. The smallest absolute Gasteiger partial charge is 0.336 e. The van der Waals surface area contributed by atoms with Crippen LogP contribution in [0.2, 0.25) is 0 Å². The third kappa shape index (κ3) is 30.6. The third-order valence-electron chi connectivity index (χ3n) is 18.7. The largest absolute Gasteiger partial charge is 0.504 e. The summed E-state index contributed by atoms with van der Waals surface area (Å²) in [4.78, 5) is 100. The molecule has 131 heavy (non-hydrogen) atoms. The molecule has 0 saturated heterocycles. The van der Waals surface area contributed by atoms with Crippen LogP contribution in [0, 0.1) is 0 Å². The molecule has 10 rings (SSSR count). The average molecular weight is 1920 g/mol. The number of likely N-dealkylation sites (N-methyl/N-ethyl adjacent to an activating group) is 2. The van der Waals surface area contributed by atoms with E-state index >= 15 is 0 Å². The molecular weight excluding hydrogens is 1820 g/mol. The molecule has 8 aromatic carbocycles. The summed E-state index contributed by atoms with van der Waals surface area (Å²) < 4.78 is 32.6. The van der Waals surface area contributed by atoms with Gasteiger partial charge in [0.15, 0.2) is 69.0 Å². The van der Waals surface area contributed by atoms with Crippen molar-refractivity contribution in [3.05, 3.63) is 225 Å². The van der Waals surface area contributed by atoms with Crippen LogP contribution in [0.15, 0.2) is 220 Å². The molecule has 0 aromatic heterocycles. The van der Waals surface area contributed by atoms with E-state index in [1.165, 1.54) is 141 Å². The Balaban J connectivity index is 0.000000353. The van der Waals surface area contributed by atoms with E-state index in [9.17, 15) is 79.8 Å². The summed E-state index contributed by atoms with van der Waals surface area (Å²) >= 11 is 0. The van der Waals surface area contributed by atoms with Crippen molar-refractivity contribution in [1.29, 1.82) is 0 Å². The minimum absolute atomic E-state index is 0. The summed E-state index contributed by atoms with van der Waals surface area (Å²) in [6, 6.07) is 26.0. The van der Waals surface area contributed by atoms with Gasteiger partial charge >= 0.3 is 23.9 Å². The van der Waals surface area contributed by atoms with Gasteiger partial charge in [-0.25, -0.2) is 19.2 Å². The van der Waals surface area contributed by atoms with E-state index in [4.69, 9.17) is 28.4 Å². The Morgan fingerprint density at radius 1 is 0.336 bits per heavy atom. The Morgan fingerprint density at radius 2 is 0.588 bits per heavy atom. The number of nitrogens with one attached hydrogen (secondary N) is 2. The summed E-state index contributed by atoms with van der Waals surface area (Å²) in [5.74, 6) is -5.74. The number of aliphatic imine (C=N–C) groups is 6. The van der Waals surface area contributed by atoms with E-state index in [-0.39, 0.29) is 154 Å². The molecule has 689 valence electrons. The van der Waals surface area contributed by atoms with Gasteiger partial charge in [-0.3, -0.25) is 48.5 Å².